The number of hydrogen-bond donors (Lipinski definition) is 1. The third kappa shape index (κ3) is 2.39. The molecular formula is C15H21N3O. The van der Waals surface area contributed by atoms with Crippen LogP contribution in [0.25, 0.3) is 0 Å². The van der Waals surface area contributed by atoms with E-state index in [0.717, 1.165) is 50.3 Å². The maximum Gasteiger partial charge on any atom is 0.324 e. The lowest BCUT2D eigenvalue weighted by Gasteiger charge is -2.27. The molecule has 1 aromatic carbocycles. The van der Waals surface area contributed by atoms with Gasteiger partial charge in [-0.3, -0.25) is 4.90 Å². The molecule has 0 unspecified atom stereocenters. The lowest BCUT2D eigenvalue weighted by atomic mass is 10.1. The van der Waals surface area contributed by atoms with Crippen LogP contribution in [0, 0.1) is 0 Å². The van der Waals surface area contributed by atoms with Crippen molar-refractivity contribution in [3.63, 3.8) is 0 Å². The molecular weight excluding hydrogens is 238 g/mol. The number of nitrogens with two attached hydrogens (primary N) is 1. The molecule has 0 saturated carbocycles. The number of fused-ring (bicyclic) bond motifs is 1. The van der Waals surface area contributed by atoms with Crippen LogP contribution in [0.15, 0.2) is 18.2 Å². The molecule has 0 bridgehead atoms. The van der Waals surface area contributed by atoms with E-state index in [1.165, 1.54) is 18.4 Å². The number of amides is 2. The minimum Gasteiger partial charge on any atom is -0.399 e. The van der Waals surface area contributed by atoms with Crippen LogP contribution in [-0.2, 0) is 6.42 Å². The highest BCUT2D eigenvalue weighted by Gasteiger charge is 2.28. The van der Waals surface area contributed by atoms with Crippen LogP contribution in [0.5, 0.6) is 0 Å². The monoisotopic (exact) mass is 259 g/mol. The summed E-state index contributed by atoms with van der Waals surface area (Å²) in [6, 6.07) is 6.04. The van der Waals surface area contributed by atoms with Crippen molar-refractivity contribution in [1.29, 1.82) is 0 Å². The number of carbonyl (C=O) groups is 1. The van der Waals surface area contributed by atoms with Crippen LogP contribution in [0.4, 0.5) is 16.2 Å². The normalized spacial score (nSPS) is 19.2. The SMILES string of the molecule is Nc1ccc2c(c1)N(C(=O)N1CCCCCC1)CC2. The predicted molar refractivity (Wildman–Crippen MR) is 77.3 cm³/mol. The molecule has 1 aromatic rings. The molecule has 2 amide bonds. The van der Waals surface area contributed by atoms with E-state index >= 15 is 0 Å². The molecule has 2 heterocycles. The van der Waals surface area contributed by atoms with Crippen LogP contribution < -0.4 is 10.6 Å². The summed E-state index contributed by atoms with van der Waals surface area (Å²) < 4.78 is 0. The van der Waals surface area contributed by atoms with Crippen molar-refractivity contribution in [2.45, 2.75) is 32.1 Å². The fraction of sp³-hybridized carbons (Fsp3) is 0.533. The fourth-order valence-corrected chi connectivity index (χ4v) is 3.03. The fourth-order valence-electron chi connectivity index (χ4n) is 3.03. The quantitative estimate of drug-likeness (QED) is 0.728. The van der Waals surface area contributed by atoms with E-state index in [1.807, 2.05) is 28.0 Å². The summed E-state index contributed by atoms with van der Waals surface area (Å²) in [5, 5.41) is 0. The highest BCUT2D eigenvalue weighted by molar-refractivity contribution is 5.94. The number of rotatable bonds is 0. The molecule has 102 valence electrons. The average molecular weight is 259 g/mol. The Hall–Kier alpha value is -1.71. The van der Waals surface area contributed by atoms with Gasteiger partial charge < -0.3 is 10.6 Å². The van der Waals surface area contributed by atoms with E-state index in [4.69, 9.17) is 5.73 Å². The Labute approximate surface area is 114 Å². The van der Waals surface area contributed by atoms with E-state index in [9.17, 15) is 4.79 Å². The Morgan fingerprint density at radius 3 is 2.53 bits per heavy atom. The molecule has 2 aliphatic heterocycles. The van der Waals surface area contributed by atoms with Gasteiger partial charge in [-0.1, -0.05) is 18.9 Å². The minimum atomic E-state index is 0.159. The second-order valence-electron chi connectivity index (χ2n) is 5.47. The Bertz CT molecular complexity index is 478. The topological polar surface area (TPSA) is 49.6 Å². The molecule has 0 aliphatic carbocycles. The third-order valence-electron chi connectivity index (χ3n) is 4.11. The number of hydrogen-bond acceptors (Lipinski definition) is 2. The molecule has 3 rings (SSSR count). The molecule has 1 saturated heterocycles. The summed E-state index contributed by atoms with van der Waals surface area (Å²) in [7, 11) is 0. The second-order valence-corrected chi connectivity index (χ2v) is 5.47. The van der Waals surface area contributed by atoms with Gasteiger partial charge in [0.15, 0.2) is 0 Å². The highest BCUT2D eigenvalue weighted by Crippen LogP contribution is 2.31. The maximum absolute atomic E-state index is 12.6. The molecule has 4 nitrogen and oxygen atoms in total. The zero-order valence-electron chi connectivity index (χ0n) is 11.3. The van der Waals surface area contributed by atoms with Gasteiger partial charge in [-0.25, -0.2) is 4.79 Å². The van der Waals surface area contributed by atoms with Gasteiger partial charge in [0.25, 0.3) is 0 Å². The molecule has 1 fully saturated rings. The molecule has 2 aliphatic rings. The first-order valence-corrected chi connectivity index (χ1v) is 7.20. The summed E-state index contributed by atoms with van der Waals surface area (Å²) in [6.45, 7) is 2.58. The second kappa shape index (κ2) is 5.11. The number of urea groups is 1. The number of anilines is 2. The van der Waals surface area contributed by atoms with Gasteiger partial charge in [0.05, 0.1) is 5.69 Å². The van der Waals surface area contributed by atoms with Crippen molar-refractivity contribution in [3.8, 4) is 0 Å². The lowest BCUT2D eigenvalue weighted by Crippen LogP contribution is -2.43. The first kappa shape index (κ1) is 12.3. The van der Waals surface area contributed by atoms with E-state index in [-0.39, 0.29) is 6.03 Å². The Morgan fingerprint density at radius 1 is 1.05 bits per heavy atom. The number of nitrogens with zero attached hydrogens (tertiary/aromatic N) is 2. The molecule has 4 heteroatoms. The molecule has 2 N–H and O–H groups in total. The van der Waals surface area contributed by atoms with Gasteiger partial charge in [0, 0.05) is 25.3 Å². The Morgan fingerprint density at radius 2 is 1.79 bits per heavy atom. The van der Waals surface area contributed by atoms with Gasteiger partial charge in [-0.15, -0.1) is 0 Å². The number of benzene rings is 1. The molecule has 0 spiro atoms. The summed E-state index contributed by atoms with van der Waals surface area (Å²) in [4.78, 5) is 16.5. The van der Waals surface area contributed by atoms with Crippen LogP contribution >= 0.6 is 0 Å². The largest absolute Gasteiger partial charge is 0.399 e. The van der Waals surface area contributed by atoms with Gasteiger partial charge in [0.1, 0.15) is 0 Å². The summed E-state index contributed by atoms with van der Waals surface area (Å²) in [6.07, 6.45) is 5.68. The maximum atomic E-state index is 12.6. The van der Waals surface area contributed by atoms with Gasteiger partial charge in [-0.2, -0.15) is 0 Å². The molecule has 0 atom stereocenters. The van der Waals surface area contributed by atoms with Crippen LogP contribution in [0.1, 0.15) is 31.2 Å². The zero-order chi connectivity index (χ0) is 13.2. The Balaban J connectivity index is 1.80. The highest BCUT2D eigenvalue weighted by atomic mass is 16.2. The zero-order valence-corrected chi connectivity index (χ0v) is 11.3. The first-order chi connectivity index (χ1) is 9.25. The van der Waals surface area contributed by atoms with Crippen LogP contribution in [0.2, 0.25) is 0 Å². The molecule has 0 aromatic heterocycles. The number of carbonyl (C=O) groups excluding carboxylic acids is 1. The number of nitrogen functional groups attached to an aromatic ring is 1. The first-order valence-electron chi connectivity index (χ1n) is 7.20. The smallest absolute Gasteiger partial charge is 0.324 e. The summed E-state index contributed by atoms with van der Waals surface area (Å²) in [5.41, 5.74) is 8.82. The van der Waals surface area contributed by atoms with E-state index in [0.29, 0.717) is 0 Å². The summed E-state index contributed by atoms with van der Waals surface area (Å²) >= 11 is 0. The summed E-state index contributed by atoms with van der Waals surface area (Å²) in [5.74, 6) is 0. The Kier molecular flexibility index (Phi) is 3.32. The van der Waals surface area contributed by atoms with Gasteiger partial charge in [0.2, 0.25) is 0 Å². The van der Waals surface area contributed by atoms with E-state index in [2.05, 4.69) is 0 Å². The minimum absolute atomic E-state index is 0.159. The van der Waals surface area contributed by atoms with Crippen molar-refractivity contribution in [1.82, 2.24) is 4.90 Å². The van der Waals surface area contributed by atoms with Crippen molar-refractivity contribution in [2.75, 3.05) is 30.3 Å². The molecule has 0 radical (unpaired) electrons. The lowest BCUT2D eigenvalue weighted by molar-refractivity contribution is 0.207. The van der Waals surface area contributed by atoms with E-state index in [1.54, 1.807) is 0 Å². The van der Waals surface area contributed by atoms with Gasteiger partial charge >= 0.3 is 6.03 Å². The third-order valence-corrected chi connectivity index (χ3v) is 4.11. The van der Waals surface area contributed by atoms with Crippen molar-refractivity contribution in [3.05, 3.63) is 23.8 Å². The van der Waals surface area contributed by atoms with E-state index < -0.39 is 0 Å². The molecule has 19 heavy (non-hydrogen) atoms. The van der Waals surface area contributed by atoms with Crippen molar-refractivity contribution in [2.24, 2.45) is 0 Å². The van der Waals surface area contributed by atoms with Crippen molar-refractivity contribution < 1.29 is 4.79 Å². The predicted octanol–water partition coefficient (Wildman–Crippen LogP) is 2.63. The van der Waals surface area contributed by atoms with Crippen LogP contribution in [0.3, 0.4) is 0 Å². The van der Waals surface area contributed by atoms with Crippen molar-refractivity contribution >= 4 is 17.4 Å². The standard InChI is InChI=1S/C15H21N3O/c16-13-6-5-12-7-10-18(14(12)11-13)15(19)17-8-3-1-2-4-9-17/h5-6,11H,1-4,7-10,16H2. The van der Waals surface area contributed by atoms with Crippen LogP contribution in [-0.4, -0.2) is 30.6 Å². The van der Waals surface area contributed by atoms with Gasteiger partial charge in [-0.05, 0) is 37.0 Å². The number of likely N-dealkylation sites (tertiary alicyclic amines) is 1. The average Bonchev–Trinajstić information content (AvgIpc) is 2.64.